The fourth-order valence-corrected chi connectivity index (χ4v) is 3.15. The molecule has 1 amide bonds. The number of methoxy groups -OCH3 is 1. The van der Waals surface area contributed by atoms with Crippen LogP contribution >= 0.6 is 0 Å². The van der Waals surface area contributed by atoms with Gasteiger partial charge in [0.1, 0.15) is 5.82 Å². The van der Waals surface area contributed by atoms with Crippen LogP contribution in [0.5, 0.6) is 0 Å². The van der Waals surface area contributed by atoms with Gasteiger partial charge in [-0.2, -0.15) is 0 Å². The van der Waals surface area contributed by atoms with Gasteiger partial charge in [0.15, 0.2) is 5.69 Å². The van der Waals surface area contributed by atoms with Crippen molar-refractivity contribution in [2.24, 2.45) is 0 Å². The quantitative estimate of drug-likeness (QED) is 0.628. The number of nitrogens with two attached hydrogens (primary N) is 1. The number of nitrogens with zero attached hydrogens (tertiary/aromatic N) is 2. The number of amides is 1. The third kappa shape index (κ3) is 5.95. The van der Waals surface area contributed by atoms with Crippen LogP contribution in [0.1, 0.15) is 45.2 Å². The van der Waals surface area contributed by atoms with Crippen LogP contribution in [-0.4, -0.2) is 35.7 Å². The van der Waals surface area contributed by atoms with Gasteiger partial charge in [-0.25, -0.2) is 4.79 Å². The van der Waals surface area contributed by atoms with E-state index in [0.29, 0.717) is 13.0 Å². The first-order valence-corrected chi connectivity index (χ1v) is 10.3. The molecule has 2 aromatic rings. The van der Waals surface area contributed by atoms with E-state index in [1.54, 1.807) is 6.08 Å². The molecule has 0 saturated heterocycles. The summed E-state index contributed by atoms with van der Waals surface area (Å²) in [6.07, 6.45) is 3.71. The van der Waals surface area contributed by atoms with Crippen LogP contribution in [-0.2, 0) is 21.5 Å². The number of nitrogen functional groups attached to an aromatic ring is 1. The summed E-state index contributed by atoms with van der Waals surface area (Å²) < 4.78 is 6.36. The lowest BCUT2D eigenvalue weighted by atomic mass is 9.87. The molecule has 8 heteroatoms. The molecule has 0 saturated carbocycles. The van der Waals surface area contributed by atoms with Crippen molar-refractivity contribution in [1.29, 1.82) is 0 Å². The number of hydrogen-bond acceptors (Lipinski definition) is 5. The van der Waals surface area contributed by atoms with Gasteiger partial charge in [0, 0.05) is 26.3 Å². The van der Waals surface area contributed by atoms with E-state index in [4.69, 9.17) is 10.5 Å². The molecule has 2 rings (SSSR count). The molecule has 168 valence electrons. The minimum Gasteiger partial charge on any atom is -0.383 e. The van der Waals surface area contributed by atoms with Crippen molar-refractivity contribution in [3.63, 3.8) is 0 Å². The number of carbonyl (C=O) groups excluding carboxylic acids is 1. The SMILES string of the molecule is CCCn1c(N)c(N(CCOC)C(=O)C=Cc2ccc(C(C)(C)C)cc2)c(=O)[nH]c1=O. The molecule has 0 radical (unpaired) electrons. The van der Waals surface area contributed by atoms with E-state index in [0.717, 1.165) is 5.56 Å². The summed E-state index contributed by atoms with van der Waals surface area (Å²) >= 11 is 0. The molecule has 1 aromatic carbocycles. The molecule has 8 nitrogen and oxygen atoms in total. The largest absolute Gasteiger partial charge is 0.383 e. The molecule has 1 heterocycles. The Kier molecular flexibility index (Phi) is 7.99. The monoisotopic (exact) mass is 428 g/mol. The summed E-state index contributed by atoms with van der Waals surface area (Å²) in [4.78, 5) is 41.1. The fourth-order valence-electron chi connectivity index (χ4n) is 3.15. The van der Waals surface area contributed by atoms with Crippen LogP contribution < -0.4 is 21.9 Å². The first-order chi connectivity index (χ1) is 14.6. The third-order valence-electron chi connectivity index (χ3n) is 4.91. The van der Waals surface area contributed by atoms with Crippen LogP contribution in [0.25, 0.3) is 6.08 Å². The van der Waals surface area contributed by atoms with Gasteiger partial charge in [-0.1, -0.05) is 52.0 Å². The summed E-state index contributed by atoms with van der Waals surface area (Å²) in [6, 6.07) is 7.92. The molecule has 0 aliphatic heterocycles. The van der Waals surface area contributed by atoms with Gasteiger partial charge in [-0.3, -0.25) is 24.0 Å². The van der Waals surface area contributed by atoms with E-state index in [9.17, 15) is 14.4 Å². The van der Waals surface area contributed by atoms with Crippen molar-refractivity contribution in [3.05, 3.63) is 62.3 Å². The second-order valence-electron chi connectivity index (χ2n) is 8.33. The zero-order chi connectivity index (χ0) is 23.2. The van der Waals surface area contributed by atoms with Crippen molar-refractivity contribution in [1.82, 2.24) is 9.55 Å². The number of aromatic nitrogens is 2. The predicted molar refractivity (Wildman–Crippen MR) is 124 cm³/mol. The highest BCUT2D eigenvalue weighted by molar-refractivity contribution is 6.05. The van der Waals surface area contributed by atoms with E-state index in [1.807, 2.05) is 31.2 Å². The van der Waals surface area contributed by atoms with Gasteiger partial charge < -0.3 is 10.5 Å². The zero-order valence-electron chi connectivity index (χ0n) is 18.9. The van der Waals surface area contributed by atoms with Crippen LogP contribution in [0.2, 0.25) is 0 Å². The second kappa shape index (κ2) is 10.3. The Labute approximate surface area is 182 Å². The Morgan fingerprint density at radius 1 is 1.23 bits per heavy atom. The maximum Gasteiger partial charge on any atom is 0.330 e. The van der Waals surface area contributed by atoms with Crippen LogP contribution in [0, 0.1) is 0 Å². The van der Waals surface area contributed by atoms with Crippen molar-refractivity contribution in [2.75, 3.05) is 30.9 Å². The van der Waals surface area contributed by atoms with Crippen molar-refractivity contribution < 1.29 is 9.53 Å². The number of H-pyrrole nitrogens is 1. The van der Waals surface area contributed by atoms with Crippen molar-refractivity contribution >= 4 is 23.5 Å². The molecule has 0 bridgehead atoms. The first-order valence-electron chi connectivity index (χ1n) is 10.3. The molecule has 0 unspecified atom stereocenters. The topological polar surface area (TPSA) is 110 Å². The summed E-state index contributed by atoms with van der Waals surface area (Å²) in [6.45, 7) is 8.93. The molecule has 0 atom stereocenters. The van der Waals surface area contributed by atoms with E-state index < -0.39 is 17.2 Å². The molecular weight excluding hydrogens is 396 g/mol. The van der Waals surface area contributed by atoms with E-state index in [2.05, 4.69) is 25.8 Å². The highest BCUT2D eigenvalue weighted by Crippen LogP contribution is 2.23. The Balaban J connectivity index is 2.40. The Bertz CT molecular complexity index is 1040. The lowest BCUT2D eigenvalue weighted by molar-refractivity contribution is -0.114. The summed E-state index contributed by atoms with van der Waals surface area (Å²) in [5.41, 5.74) is 6.85. The number of ether oxygens (including phenoxy) is 1. The lowest BCUT2D eigenvalue weighted by Crippen LogP contribution is -2.42. The molecule has 0 fully saturated rings. The maximum absolute atomic E-state index is 13.0. The van der Waals surface area contributed by atoms with Gasteiger partial charge in [0.05, 0.1) is 6.61 Å². The number of rotatable bonds is 8. The fraction of sp³-hybridized carbons (Fsp3) is 0.435. The van der Waals surface area contributed by atoms with Gasteiger partial charge in [0.2, 0.25) is 0 Å². The summed E-state index contributed by atoms with van der Waals surface area (Å²) in [5.74, 6) is -0.473. The molecule has 1 aromatic heterocycles. The minimum atomic E-state index is -0.706. The average Bonchev–Trinajstić information content (AvgIpc) is 2.71. The first kappa shape index (κ1) is 24.1. The van der Waals surface area contributed by atoms with Crippen LogP contribution in [0.3, 0.4) is 0 Å². The molecule has 0 aliphatic carbocycles. The highest BCUT2D eigenvalue weighted by Gasteiger charge is 2.22. The van der Waals surface area contributed by atoms with Crippen LogP contribution in [0.15, 0.2) is 39.9 Å². The van der Waals surface area contributed by atoms with Gasteiger partial charge >= 0.3 is 5.69 Å². The van der Waals surface area contributed by atoms with Crippen molar-refractivity contribution in [3.8, 4) is 0 Å². The number of anilines is 2. The summed E-state index contributed by atoms with van der Waals surface area (Å²) in [5, 5.41) is 0. The van der Waals surface area contributed by atoms with Gasteiger partial charge in [0.25, 0.3) is 11.5 Å². The number of nitrogens with one attached hydrogen (secondary N) is 1. The maximum atomic E-state index is 13.0. The number of benzene rings is 1. The standard InChI is InChI=1S/C23H32N4O4/c1-6-13-27-20(24)19(21(29)25-22(27)30)26(14-15-31-5)18(28)12-9-16-7-10-17(11-8-16)23(2,3)4/h7-12H,6,13-15,24H2,1-5H3,(H,25,29,30). The Hall–Kier alpha value is -3.13. The number of aromatic amines is 1. The number of carbonyl (C=O) groups is 1. The lowest BCUT2D eigenvalue weighted by Gasteiger charge is -2.23. The van der Waals surface area contributed by atoms with E-state index in [-0.39, 0.29) is 30.1 Å². The third-order valence-corrected chi connectivity index (χ3v) is 4.91. The molecule has 0 spiro atoms. The average molecular weight is 429 g/mol. The predicted octanol–water partition coefficient (Wildman–Crippen LogP) is 2.52. The molecule has 0 aliphatic rings. The zero-order valence-corrected chi connectivity index (χ0v) is 18.9. The summed E-state index contributed by atoms with van der Waals surface area (Å²) in [7, 11) is 1.50. The Morgan fingerprint density at radius 2 is 1.87 bits per heavy atom. The molecule has 3 N–H and O–H groups in total. The van der Waals surface area contributed by atoms with Gasteiger partial charge in [-0.05, 0) is 29.0 Å². The van der Waals surface area contributed by atoms with E-state index in [1.165, 1.54) is 28.2 Å². The smallest absolute Gasteiger partial charge is 0.330 e. The van der Waals surface area contributed by atoms with E-state index >= 15 is 0 Å². The molecular formula is C23H32N4O4. The van der Waals surface area contributed by atoms with Crippen LogP contribution in [0.4, 0.5) is 11.5 Å². The highest BCUT2D eigenvalue weighted by atomic mass is 16.5. The Morgan fingerprint density at radius 3 is 2.42 bits per heavy atom. The minimum absolute atomic E-state index is 0.0369. The van der Waals surface area contributed by atoms with Gasteiger partial charge in [-0.15, -0.1) is 0 Å². The second-order valence-corrected chi connectivity index (χ2v) is 8.33. The van der Waals surface area contributed by atoms with Crippen molar-refractivity contribution in [2.45, 2.75) is 46.1 Å². The number of hydrogen-bond donors (Lipinski definition) is 2. The normalized spacial score (nSPS) is 11.8. The molecule has 31 heavy (non-hydrogen) atoms.